The smallest absolute Gasteiger partial charge is 0.0671 e. The molecule has 0 saturated carbocycles. The van der Waals surface area contributed by atoms with Crippen molar-refractivity contribution in [2.75, 3.05) is 0 Å². The molecule has 26 heavy (non-hydrogen) atoms. The number of hydrogen-bond acceptors (Lipinski definition) is 1. The van der Waals surface area contributed by atoms with Crippen molar-refractivity contribution in [3.05, 3.63) is 52.9 Å². The maximum absolute atomic E-state index is 5.01. The summed E-state index contributed by atoms with van der Waals surface area (Å²) < 4.78 is 0. The number of nitrogens with zero attached hydrogens (tertiary/aromatic N) is 1. The maximum atomic E-state index is 5.01. The second-order valence-corrected chi connectivity index (χ2v) is 9.01. The molecule has 1 aromatic rings. The molecule has 1 nitrogen and oxygen atoms in total. The normalized spacial score (nSPS) is 17.1. The molecular weight excluding hydrogens is 314 g/mol. The number of hydrogen-bond donors (Lipinski definition) is 0. The molecule has 0 fully saturated rings. The predicted octanol–water partition coefficient (Wildman–Crippen LogP) is 7.90. The Morgan fingerprint density at radius 2 is 1.85 bits per heavy atom. The highest BCUT2D eigenvalue weighted by Crippen LogP contribution is 2.39. The predicted molar refractivity (Wildman–Crippen MR) is 118 cm³/mol. The second kappa shape index (κ2) is 8.84. The average Bonchev–Trinajstić information content (AvgIpc) is 2.57. The molecule has 0 spiro atoms. The van der Waals surface area contributed by atoms with Crippen LogP contribution in [0, 0.1) is 12.3 Å². The Labute approximate surface area is 162 Å². The van der Waals surface area contributed by atoms with Crippen LogP contribution in [0.1, 0.15) is 97.2 Å². The maximum Gasteiger partial charge on any atom is 0.0671 e. The third kappa shape index (κ3) is 5.69. The van der Waals surface area contributed by atoms with Crippen molar-refractivity contribution < 1.29 is 0 Å². The van der Waals surface area contributed by atoms with E-state index >= 15 is 0 Å². The van der Waals surface area contributed by atoms with Gasteiger partial charge >= 0.3 is 0 Å². The van der Waals surface area contributed by atoms with Gasteiger partial charge in [0.15, 0.2) is 0 Å². The number of pyridine rings is 1. The summed E-state index contributed by atoms with van der Waals surface area (Å²) in [7, 11) is 0. The van der Waals surface area contributed by atoms with Crippen LogP contribution in [0.25, 0.3) is 11.6 Å². The lowest BCUT2D eigenvalue weighted by Crippen LogP contribution is -2.17. The van der Waals surface area contributed by atoms with E-state index in [1.807, 2.05) is 19.9 Å². The quantitative estimate of drug-likeness (QED) is 0.503. The molecule has 0 aliphatic heterocycles. The Morgan fingerprint density at radius 1 is 1.23 bits per heavy atom. The third-order valence-electron chi connectivity index (χ3n) is 5.11. The van der Waals surface area contributed by atoms with Crippen molar-refractivity contribution in [2.45, 2.75) is 87.0 Å². The van der Waals surface area contributed by atoms with Crippen LogP contribution >= 0.6 is 0 Å². The summed E-state index contributed by atoms with van der Waals surface area (Å²) in [5, 5.41) is 0. The number of allylic oxidation sites excluding steroid dienone is 4. The lowest BCUT2D eigenvalue weighted by molar-refractivity contribution is 0.334. The molecule has 1 aliphatic rings. The van der Waals surface area contributed by atoms with Crippen molar-refractivity contribution in [1.82, 2.24) is 4.98 Å². The van der Waals surface area contributed by atoms with Gasteiger partial charge in [-0.1, -0.05) is 67.2 Å². The highest BCUT2D eigenvalue weighted by atomic mass is 14.7. The van der Waals surface area contributed by atoms with Gasteiger partial charge in [-0.25, -0.2) is 4.98 Å². The standard InChI is InChI=1S/C23H33N.C2H6/c1-9-16(2)14-20-17(3)19(22(4,5)6)15-21(24-20)18-10-12-23(7,8)13-11-18;1-2/h9-10,14-15H,1,11-13H2,2-8H3;1-2H3/b16-14-;. The highest BCUT2D eigenvalue weighted by molar-refractivity contribution is 5.68. The van der Waals surface area contributed by atoms with E-state index in [-0.39, 0.29) is 5.41 Å². The molecule has 0 unspecified atom stereocenters. The van der Waals surface area contributed by atoms with Gasteiger partial charge in [-0.2, -0.15) is 0 Å². The van der Waals surface area contributed by atoms with Gasteiger partial charge in [-0.05, 0) is 78.4 Å². The molecule has 0 amide bonds. The Morgan fingerprint density at radius 3 is 2.31 bits per heavy atom. The van der Waals surface area contributed by atoms with Gasteiger partial charge in [0.25, 0.3) is 0 Å². The first-order valence-corrected chi connectivity index (χ1v) is 10.1. The fraction of sp³-hybridized carbons (Fsp3) is 0.560. The van der Waals surface area contributed by atoms with E-state index in [1.54, 1.807) is 0 Å². The largest absolute Gasteiger partial charge is 0.248 e. The van der Waals surface area contributed by atoms with Gasteiger partial charge in [0, 0.05) is 0 Å². The molecule has 1 aromatic heterocycles. The molecule has 0 saturated heterocycles. The van der Waals surface area contributed by atoms with Crippen LogP contribution in [0.2, 0.25) is 0 Å². The molecule has 0 aromatic carbocycles. The molecular formula is C25H39N. The van der Waals surface area contributed by atoms with Crippen LogP contribution in [-0.4, -0.2) is 4.98 Å². The minimum Gasteiger partial charge on any atom is -0.248 e. The fourth-order valence-corrected chi connectivity index (χ4v) is 3.30. The van der Waals surface area contributed by atoms with E-state index in [0.29, 0.717) is 5.41 Å². The van der Waals surface area contributed by atoms with Crippen LogP contribution in [0.15, 0.2) is 30.4 Å². The minimum atomic E-state index is 0.112. The molecule has 0 atom stereocenters. The first kappa shape index (κ1) is 22.4. The zero-order chi connectivity index (χ0) is 20.1. The molecule has 2 rings (SSSR count). The molecule has 1 aliphatic carbocycles. The summed E-state index contributed by atoms with van der Waals surface area (Å²) in [4.78, 5) is 5.01. The van der Waals surface area contributed by atoms with Crippen LogP contribution < -0.4 is 0 Å². The molecule has 1 heterocycles. The van der Waals surface area contributed by atoms with E-state index in [2.05, 4.69) is 73.3 Å². The summed E-state index contributed by atoms with van der Waals surface area (Å²) in [5.41, 5.74) is 8.01. The van der Waals surface area contributed by atoms with Gasteiger partial charge in [0.05, 0.1) is 11.4 Å². The van der Waals surface area contributed by atoms with Gasteiger partial charge < -0.3 is 0 Å². The average molecular weight is 354 g/mol. The first-order valence-electron chi connectivity index (χ1n) is 10.1. The molecule has 144 valence electrons. The van der Waals surface area contributed by atoms with Gasteiger partial charge in [-0.3, -0.25) is 0 Å². The lowest BCUT2D eigenvalue weighted by Gasteiger charge is -2.29. The van der Waals surface area contributed by atoms with Crippen molar-refractivity contribution >= 4 is 11.6 Å². The molecule has 0 radical (unpaired) electrons. The van der Waals surface area contributed by atoms with Gasteiger partial charge in [0.1, 0.15) is 0 Å². The summed E-state index contributed by atoms with van der Waals surface area (Å²) in [5.74, 6) is 0. The SMILES string of the molecule is C=C/C(C)=C\c1nc(C2=CCC(C)(C)CC2)cc(C(C)(C)C)c1C.CC. The van der Waals surface area contributed by atoms with E-state index in [4.69, 9.17) is 4.98 Å². The number of rotatable bonds is 3. The van der Waals surface area contributed by atoms with Crippen LogP contribution in [0.3, 0.4) is 0 Å². The Bertz CT molecular complexity index is 694. The molecule has 0 N–H and O–H groups in total. The fourth-order valence-electron chi connectivity index (χ4n) is 3.30. The van der Waals surface area contributed by atoms with Gasteiger partial charge in [-0.15, -0.1) is 0 Å². The van der Waals surface area contributed by atoms with Crippen molar-refractivity contribution in [3.8, 4) is 0 Å². The Hall–Kier alpha value is -1.63. The monoisotopic (exact) mass is 353 g/mol. The van der Waals surface area contributed by atoms with Crippen LogP contribution in [0.4, 0.5) is 0 Å². The third-order valence-corrected chi connectivity index (χ3v) is 5.11. The van der Waals surface area contributed by atoms with E-state index < -0.39 is 0 Å². The summed E-state index contributed by atoms with van der Waals surface area (Å²) in [6.45, 7) is 23.7. The summed E-state index contributed by atoms with van der Waals surface area (Å²) in [6.07, 6.45) is 9.95. The Balaban J connectivity index is 0.00000163. The zero-order valence-electron chi connectivity index (χ0n) is 18.6. The first-order chi connectivity index (χ1) is 12.0. The summed E-state index contributed by atoms with van der Waals surface area (Å²) in [6, 6.07) is 2.32. The van der Waals surface area contributed by atoms with E-state index in [9.17, 15) is 0 Å². The van der Waals surface area contributed by atoms with Crippen molar-refractivity contribution in [1.29, 1.82) is 0 Å². The summed E-state index contributed by atoms with van der Waals surface area (Å²) >= 11 is 0. The molecule has 1 heteroatoms. The van der Waals surface area contributed by atoms with E-state index in [0.717, 1.165) is 29.8 Å². The highest BCUT2D eigenvalue weighted by Gasteiger charge is 2.25. The Kier molecular flexibility index (Phi) is 7.62. The lowest BCUT2D eigenvalue weighted by atomic mass is 9.77. The molecule has 0 bridgehead atoms. The van der Waals surface area contributed by atoms with Crippen LogP contribution in [-0.2, 0) is 5.41 Å². The van der Waals surface area contributed by atoms with Crippen molar-refractivity contribution in [3.63, 3.8) is 0 Å². The zero-order valence-corrected chi connectivity index (χ0v) is 18.6. The van der Waals surface area contributed by atoms with Crippen molar-refractivity contribution in [2.24, 2.45) is 5.41 Å². The topological polar surface area (TPSA) is 12.9 Å². The minimum absolute atomic E-state index is 0.112. The van der Waals surface area contributed by atoms with E-state index in [1.165, 1.54) is 23.1 Å². The second-order valence-electron chi connectivity index (χ2n) is 9.01. The van der Waals surface area contributed by atoms with Gasteiger partial charge in [0.2, 0.25) is 0 Å². The van der Waals surface area contributed by atoms with Crippen LogP contribution in [0.5, 0.6) is 0 Å². The number of aromatic nitrogens is 1.